The van der Waals surface area contributed by atoms with E-state index in [2.05, 4.69) is 56.3 Å². The quantitative estimate of drug-likeness (QED) is 0.713. The SMILES string of the molecule is CN(C)P(N(C)C)N(C)C.CN1CCCC1=O. The molecule has 0 aromatic carbocycles. The lowest BCUT2D eigenvalue weighted by Gasteiger charge is -2.34. The third-order valence-electron chi connectivity index (χ3n) is 2.38. The van der Waals surface area contributed by atoms with Gasteiger partial charge in [0.1, 0.15) is 8.37 Å². The van der Waals surface area contributed by atoms with Gasteiger partial charge in [0.15, 0.2) is 0 Å². The minimum atomic E-state index is -0.238. The highest BCUT2D eigenvalue weighted by Crippen LogP contribution is 2.40. The monoisotopic (exact) mass is 262 g/mol. The van der Waals surface area contributed by atoms with Crippen molar-refractivity contribution in [1.82, 2.24) is 18.9 Å². The van der Waals surface area contributed by atoms with E-state index in [0.717, 1.165) is 19.4 Å². The van der Waals surface area contributed by atoms with E-state index in [9.17, 15) is 4.79 Å². The first-order valence-corrected chi connectivity index (χ1v) is 7.03. The summed E-state index contributed by atoms with van der Waals surface area (Å²) in [4.78, 5) is 12.3. The summed E-state index contributed by atoms with van der Waals surface area (Å²) in [6.45, 7) is 0.957. The zero-order chi connectivity index (χ0) is 13.6. The van der Waals surface area contributed by atoms with Crippen LogP contribution in [-0.4, -0.2) is 80.7 Å². The topological polar surface area (TPSA) is 30.0 Å². The van der Waals surface area contributed by atoms with Gasteiger partial charge in [-0.1, -0.05) is 0 Å². The van der Waals surface area contributed by atoms with Gasteiger partial charge in [-0.05, 0) is 48.7 Å². The molecule has 0 spiro atoms. The molecule has 0 aromatic heterocycles. The molecule has 0 radical (unpaired) electrons. The lowest BCUT2D eigenvalue weighted by Crippen LogP contribution is -2.25. The van der Waals surface area contributed by atoms with Crippen LogP contribution in [0, 0.1) is 0 Å². The Morgan fingerprint density at radius 3 is 1.47 bits per heavy atom. The molecule has 1 saturated heterocycles. The maximum Gasteiger partial charge on any atom is 0.222 e. The molecule has 102 valence electrons. The number of nitrogens with zero attached hydrogens (tertiary/aromatic N) is 4. The molecule has 0 bridgehead atoms. The molecule has 1 aliphatic rings. The van der Waals surface area contributed by atoms with Crippen molar-refractivity contribution in [3.05, 3.63) is 0 Å². The summed E-state index contributed by atoms with van der Waals surface area (Å²) >= 11 is 0. The van der Waals surface area contributed by atoms with Gasteiger partial charge in [-0.15, -0.1) is 0 Å². The van der Waals surface area contributed by atoms with E-state index in [1.165, 1.54) is 0 Å². The molecule has 17 heavy (non-hydrogen) atoms. The molecule has 0 unspecified atom stereocenters. The number of amides is 1. The van der Waals surface area contributed by atoms with Crippen LogP contribution in [0.4, 0.5) is 0 Å². The minimum absolute atomic E-state index is 0.238. The normalized spacial score (nSPS) is 16.2. The van der Waals surface area contributed by atoms with Crippen molar-refractivity contribution in [3.63, 3.8) is 0 Å². The second-order valence-corrected chi connectivity index (χ2v) is 7.67. The van der Waals surface area contributed by atoms with Gasteiger partial charge in [-0.25, -0.2) is 0 Å². The highest BCUT2D eigenvalue weighted by molar-refractivity contribution is 7.49. The van der Waals surface area contributed by atoms with E-state index in [1.807, 2.05) is 7.05 Å². The smallest absolute Gasteiger partial charge is 0.222 e. The van der Waals surface area contributed by atoms with Crippen molar-refractivity contribution in [2.24, 2.45) is 0 Å². The van der Waals surface area contributed by atoms with Gasteiger partial charge in [0.2, 0.25) is 5.91 Å². The molecular weight excluding hydrogens is 235 g/mol. The Balaban J connectivity index is 0.000000318. The van der Waals surface area contributed by atoms with Crippen LogP contribution in [-0.2, 0) is 4.79 Å². The van der Waals surface area contributed by atoms with Gasteiger partial charge >= 0.3 is 0 Å². The second kappa shape index (κ2) is 7.98. The first kappa shape index (κ1) is 16.8. The molecule has 1 amide bonds. The summed E-state index contributed by atoms with van der Waals surface area (Å²) in [6.07, 6.45) is 1.81. The summed E-state index contributed by atoms with van der Waals surface area (Å²) in [5.74, 6) is 0.292. The fraction of sp³-hybridized carbons (Fsp3) is 0.909. The predicted molar refractivity (Wildman–Crippen MR) is 74.9 cm³/mol. The number of hydrogen-bond acceptors (Lipinski definition) is 4. The molecule has 0 aliphatic carbocycles. The number of rotatable bonds is 3. The van der Waals surface area contributed by atoms with Crippen LogP contribution in [0.15, 0.2) is 0 Å². The van der Waals surface area contributed by atoms with Gasteiger partial charge in [0, 0.05) is 20.0 Å². The molecule has 0 atom stereocenters. The van der Waals surface area contributed by atoms with Crippen molar-refractivity contribution in [3.8, 4) is 0 Å². The van der Waals surface area contributed by atoms with E-state index >= 15 is 0 Å². The van der Waals surface area contributed by atoms with Crippen LogP contribution in [0.1, 0.15) is 12.8 Å². The van der Waals surface area contributed by atoms with Crippen molar-refractivity contribution < 1.29 is 4.79 Å². The van der Waals surface area contributed by atoms with E-state index in [4.69, 9.17) is 0 Å². The van der Waals surface area contributed by atoms with Gasteiger partial charge in [0.25, 0.3) is 0 Å². The minimum Gasteiger partial charge on any atom is -0.346 e. The van der Waals surface area contributed by atoms with Crippen molar-refractivity contribution in [2.75, 3.05) is 55.9 Å². The van der Waals surface area contributed by atoms with Crippen molar-refractivity contribution in [1.29, 1.82) is 0 Å². The molecule has 6 heteroatoms. The van der Waals surface area contributed by atoms with E-state index in [0.29, 0.717) is 5.91 Å². The predicted octanol–water partition coefficient (Wildman–Crippen LogP) is 1.14. The lowest BCUT2D eigenvalue weighted by molar-refractivity contribution is -0.126. The van der Waals surface area contributed by atoms with Crippen LogP contribution in [0.25, 0.3) is 0 Å². The average molecular weight is 262 g/mol. The first-order valence-electron chi connectivity index (χ1n) is 5.83. The van der Waals surface area contributed by atoms with Crippen LogP contribution in [0.3, 0.4) is 0 Å². The first-order chi connectivity index (χ1) is 7.77. The molecule has 5 nitrogen and oxygen atoms in total. The number of carbonyl (C=O) groups excluding carboxylic acids is 1. The maximum absolute atomic E-state index is 10.5. The maximum atomic E-state index is 10.5. The third-order valence-corrected chi connectivity index (χ3v) is 4.53. The third kappa shape index (κ3) is 6.32. The summed E-state index contributed by atoms with van der Waals surface area (Å²) in [5.41, 5.74) is 0. The fourth-order valence-corrected chi connectivity index (χ4v) is 4.00. The molecule has 1 fully saturated rings. The van der Waals surface area contributed by atoms with E-state index < -0.39 is 0 Å². The van der Waals surface area contributed by atoms with Gasteiger partial charge < -0.3 is 4.90 Å². The fourth-order valence-electron chi connectivity index (χ4n) is 1.86. The number of carbonyl (C=O) groups is 1. The van der Waals surface area contributed by atoms with Crippen molar-refractivity contribution >= 4 is 14.3 Å². The number of hydrogen-bond donors (Lipinski definition) is 0. The molecule has 1 rings (SSSR count). The van der Waals surface area contributed by atoms with Crippen LogP contribution in [0.2, 0.25) is 0 Å². The van der Waals surface area contributed by atoms with Crippen molar-refractivity contribution in [2.45, 2.75) is 12.8 Å². The van der Waals surface area contributed by atoms with E-state index in [1.54, 1.807) is 4.90 Å². The second-order valence-electron chi connectivity index (χ2n) is 4.73. The van der Waals surface area contributed by atoms with Crippen LogP contribution >= 0.6 is 8.37 Å². The average Bonchev–Trinajstić information content (AvgIpc) is 2.49. The summed E-state index contributed by atoms with van der Waals surface area (Å²) in [7, 11) is 14.2. The zero-order valence-corrected chi connectivity index (χ0v) is 13.2. The molecule has 1 heterocycles. The van der Waals surface area contributed by atoms with Gasteiger partial charge in [0.05, 0.1) is 0 Å². The summed E-state index contributed by atoms with van der Waals surface area (Å²) in [5, 5.41) is 0. The Labute approximate surface area is 107 Å². The number of likely N-dealkylation sites (tertiary alicyclic amines) is 1. The Hall–Kier alpha value is -0.220. The summed E-state index contributed by atoms with van der Waals surface area (Å²) < 4.78 is 6.69. The molecule has 0 saturated carbocycles. The Bertz CT molecular complexity index is 214. The zero-order valence-electron chi connectivity index (χ0n) is 12.3. The molecule has 0 aromatic rings. The Kier molecular flexibility index (Phi) is 7.88. The van der Waals surface area contributed by atoms with Crippen LogP contribution in [0.5, 0.6) is 0 Å². The standard InChI is InChI=1S/C6H18N3P.C5H9NO/c1-7(2)10(8(3)4)9(5)6;1-6-4-2-3-5(6)7/h1-6H3;2-4H2,1H3. The Morgan fingerprint density at radius 2 is 1.41 bits per heavy atom. The van der Waals surface area contributed by atoms with Gasteiger partial charge in [-0.2, -0.15) is 0 Å². The lowest BCUT2D eigenvalue weighted by atomic mass is 10.4. The summed E-state index contributed by atoms with van der Waals surface area (Å²) in [6, 6.07) is 0. The Morgan fingerprint density at radius 1 is 1.00 bits per heavy atom. The van der Waals surface area contributed by atoms with E-state index in [-0.39, 0.29) is 8.37 Å². The molecule has 1 aliphatic heterocycles. The molecular formula is C11H27N4OP. The largest absolute Gasteiger partial charge is 0.346 e. The van der Waals surface area contributed by atoms with Gasteiger partial charge in [-0.3, -0.25) is 18.8 Å². The highest BCUT2D eigenvalue weighted by Gasteiger charge is 2.15. The highest BCUT2D eigenvalue weighted by atomic mass is 31.2. The van der Waals surface area contributed by atoms with Crippen LogP contribution < -0.4 is 0 Å². The molecule has 0 N–H and O–H groups in total.